The summed E-state index contributed by atoms with van der Waals surface area (Å²) in [7, 11) is -2.05. The van der Waals surface area contributed by atoms with E-state index in [0.29, 0.717) is 11.3 Å². The van der Waals surface area contributed by atoms with Gasteiger partial charge in [-0.1, -0.05) is 0 Å². The molecule has 1 heterocycles. The number of hydrogen-bond donors (Lipinski definition) is 1. The molecule has 92 valence electrons. The van der Waals surface area contributed by atoms with Crippen LogP contribution in [-0.2, 0) is 9.84 Å². The van der Waals surface area contributed by atoms with Crippen LogP contribution in [0.2, 0.25) is 0 Å². The van der Waals surface area contributed by atoms with Crippen molar-refractivity contribution in [3.63, 3.8) is 0 Å². The maximum absolute atomic E-state index is 12.2. The summed E-state index contributed by atoms with van der Waals surface area (Å²) in [5.41, 5.74) is -0.827. The van der Waals surface area contributed by atoms with Gasteiger partial charge in [-0.2, -0.15) is 0 Å². The zero-order valence-corrected chi connectivity index (χ0v) is 10.7. The lowest BCUT2D eigenvalue weighted by molar-refractivity contribution is 0.129. The van der Waals surface area contributed by atoms with Crippen LogP contribution in [0.25, 0.3) is 6.08 Å². The highest BCUT2D eigenvalue weighted by molar-refractivity contribution is 7.96. The summed E-state index contributed by atoms with van der Waals surface area (Å²) in [5.74, 6) is 0.590. The third-order valence-electron chi connectivity index (χ3n) is 2.69. The van der Waals surface area contributed by atoms with E-state index in [1.807, 2.05) is 0 Å². The molecule has 0 amide bonds. The van der Waals surface area contributed by atoms with Crippen molar-refractivity contribution in [3.05, 3.63) is 28.7 Å². The Morgan fingerprint density at radius 3 is 2.47 bits per heavy atom. The van der Waals surface area contributed by atoms with Crippen LogP contribution in [0.4, 0.5) is 0 Å². The van der Waals surface area contributed by atoms with E-state index in [-0.39, 0.29) is 9.80 Å². The lowest BCUT2D eigenvalue weighted by Gasteiger charge is -2.18. The summed E-state index contributed by atoms with van der Waals surface area (Å²) in [6.45, 7) is 2.92. The molecule has 17 heavy (non-hydrogen) atoms. The minimum Gasteiger partial charge on any atom is -0.497 e. The number of rotatable bonds is 2. The Hall–Kier alpha value is -1.33. The maximum Gasteiger partial charge on any atom is 0.206 e. The highest BCUT2D eigenvalue weighted by atomic mass is 32.2. The summed E-state index contributed by atoms with van der Waals surface area (Å²) in [6.07, 6.45) is 1.49. The number of hydrogen-bond acceptors (Lipinski definition) is 4. The van der Waals surface area contributed by atoms with Crippen LogP contribution in [-0.4, -0.2) is 26.2 Å². The lowest BCUT2D eigenvalue weighted by atomic mass is 10.1. The second-order valence-electron chi connectivity index (χ2n) is 4.47. The minimum absolute atomic E-state index is 0.0215. The van der Waals surface area contributed by atoms with E-state index in [9.17, 15) is 13.5 Å². The quantitative estimate of drug-likeness (QED) is 0.870. The van der Waals surface area contributed by atoms with Gasteiger partial charge in [0, 0.05) is 0 Å². The molecule has 0 atom stereocenters. The largest absolute Gasteiger partial charge is 0.497 e. The highest BCUT2D eigenvalue weighted by Gasteiger charge is 2.38. The van der Waals surface area contributed by atoms with Crippen molar-refractivity contribution in [1.82, 2.24) is 0 Å². The fourth-order valence-electron chi connectivity index (χ4n) is 1.85. The molecule has 0 saturated carbocycles. The van der Waals surface area contributed by atoms with E-state index in [0.717, 1.165) is 0 Å². The predicted octanol–water partition coefficient (Wildman–Crippen LogP) is 1.59. The van der Waals surface area contributed by atoms with E-state index in [1.165, 1.54) is 33.1 Å². The van der Waals surface area contributed by atoms with Gasteiger partial charge in [0.25, 0.3) is 0 Å². The number of methoxy groups -OCH3 is 1. The highest BCUT2D eigenvalue weighted by Crippen LogP contribution is 2.39. The second kappa shape index (κ2) is 3.58. The predicted molar refractivity (Wildman–Crippen MR) is 64.5 cm³/mol. The van der Waals surface area contributed by atoms with Gasteiger partial charge in [-0.15, -0.1) is 0 Å². The molecular weight excluding hydrogens is 240 g/mol. The van der Waals surface area contributed by atoms with Gasteiger partial charge >= 0.3 is 0 Å². The fourth-order valence-corrected chi connectivity index (χ4v) is 3.71. The first-order chi connectivity index (χ1) is 7.76. The van der Waals surface area contributed by atoms with Crippen LogP contribution in [0.15, 0.2) is 28.0 Å². The van der Waals surface area contributed by atoms with Crippen molar-refractivity contribution in [3.8, 4) is 5.75 Å². The average Bonchev–Trinajstić information content (AvgIpc) is 2.49. The lowest BCUT2D eigenvalue weighted by Crippen LogP contribution is -2.25. The Morgan fingerprint density at radius 1 is 1.29 bits per heavy atom. The van der Waals surface area contributed by atoms with Crippen molar-refractivity contribution in [2.24, 2.45) is 0 Å². The molecule has 4 nitrogen and oxygen atoms in total. The molecule has 0 unspecified atom stereocenters. The molecular formula is C12H14O4S. The first kappa shape index (κ1) is 12.1. The van der Waals surface area contributed by atoms with Crippen molar-refractivity contribution < 1.29 is 18.3 Å². The molecule has 2 rings (SSSR count). The zero-order valence-electron chi connectivity index (χ0n) is 9.89. The molecule has 1 aromatic carbocycles. The molecule has 1 aliphatic rings. The Balaban J connectivity index is 2.66. The van der Waals surface area contributed by atoms with E-state index in [4.69, 9.17) is 4.74 Å². The summed E-state index contributed by atoms with van der Waals surface area (Å²) in [4.78, 5) is 0.240. The average molecular weight is 254 g/mol. The summed E-state index contributed by atoms with van der Waals surface area (Å²) < 4.78 is 29.4. The van der Waals surface area contributed by atoms with E-state index < -0.39 is 15.4 Å². The normalized spacial score (nSPS) is 17.5. The van der Waals surface area contributed by atoms with Crippen LogP contribution in [0, 0.1) is 0 Å². The van der Waals surface area contributed by atoms with Crippen LogP contribution in [0.5, 0.6) is 5.75 Å². The number of ether oxygens (including phenoxy) is 1. The van der Waals surface area contributed by atoms with Crippen molar-refractivity contribution in [2.45, 2.75) is 24.3 Å². The summed E-state index contributed by atoms with van der Waals surface area (Å²) in [5, 5.41) is 9.87. The fraction of sp³-hybridized carbons (Fsp3) is 0.333. The van der Waals surface area contributed by atoms with E-state index >= 15 is 0 Å². The molecule has 0 radical (unpaired) electrons. The zero-order chi connectivity index (χ0) is 12.8. The van der Waals surface area contributed by atoms with Crippen LogP contribution in [0.1, 0.15) is 19.4 Å². The SMILES string of the molecule is COc1ccc2c(c1)C=C(C(C)(C)O)S2(=O)=O. The topological polar surface area (TPSA) is 63.6 Å². The number of sulfone groups is 1. The smallest absolute Gasteiger partial charge is 0.206 e. The molecule has 0 aromatic heterocycles. The Morgan fingerprint density at radius 2 is 1.94 bits per heavy atom. The molecule has 0 bridgehead atoms. The number of aliphatic hydroxyl groups is 1. The molecule has 1 aliphatic heterocycles. The number of fused-ring (bicyclic) bond motifs is 1. The van der Waals surface area contributed by atoms with Crippen molar-refractivity contribution in [2.75, 3.05) is 7.11 Å². The van der Waals surface area contributed by atoms with E-state index in [2.05, 4.69) is 0 Å². The van der Waals surface area contributed by atoms with E-state index in [1.54, 1.807) is 12.1 Å². The van der Waals surface area contributed by atoms with Gasteiger partial charge in [0.05, 0.1) is 22.5 Å². The van der Waals surface area contributed by atoms with Gasteiger partial charge in [-0.25, -0.2) is 8.42 Å². The third-order valence-corrected chi connectivity index (χ3v) is 4.83. The molecule has 5 heteroatoms. The van der Waals surface area contributed by atoms with Gasteiger partial charge < -0.3 is 9.84 Å². The molecule has 0 spiro atoms. The standard InChI is InChI=1S/C12H14O4S/c1-12(2,13)11-7-8-6-9(16-3)4-5-10(8)17(11,14)15/h4-7,13H,1-3H3. The van der Waals surface area contributed by atoms with Gasteiger partial charge in [-0.05, 0) is 43.7 Å². The Kier molecular flexibility index (Phi) is 2.56. The molecule has 1 aromatic rings. The summed E-state index contributed by atoms with van der Waals surface area (Å²) in [6, 6.07) is 4.74. The molecule has 0 saturated heterocycles. The van der Waals surface area contributed by atoms with Crippen molar-refractivity contribution in [1.29, 1.82) is 0 Å². The van der Waals surface area contributed by atoms with Gasteiger partial charge in [0.1, 0.15) is 5.75 Å². The van der Waals surface area contributed by atoms with Crippen molar-refractivity contribution >= 4 is 15.9 Å². The number of benzene rings is 1. The minimum atomic E-state index is -3.57. The van der Waals surface area contributed by atoms with Gasteiger partial charge in [0.15, 0.2) is 0 Å². The van der Waals surface area contributed by atoms with Gasteiger partial charge in [-0.3, -0.25) is 0 Å². The van der Waals surface area contributed by atoms with Gasteiger partial charge in [0.2, 0.25) is 9.84 Å². The monoisotopic (exact) mass is 254 g/mol. The van der Waals surface area contributed by atoms with Crippen LogP contribution < -0.4 is 4.74 Å². The molecule has 0 fully saturated rings. The third kappa shape index (κ3) is 1.85. The van der Waals surface area contributed by atoms with Crippen LogP contribution in [0.3, 0.4) is 0 Å². The Labute approximate surface area is 100 Å². The molecule has 1 N–H and O–H groups in total. The first-order valence-corrected chi connectivity index (χ1v) is 6.63. The second-order valence-corrected chi connectivity index (χ2v) is 6.36. The molecule has 0 aliphatic carbocycles. The van der Waals surface area contributed by atoms with Crippen LogP contribution >= 0.6 is 0 Å². The summed E-state index contributed by atoms with van der Waals surface area (Å²) >= 11 is 0. The maximum atomic E-state index is 12.2. The Bertz CT molecular complexity index is 591. The first-order valence-electron chi connectivity index (χ1n) is 5.14.